The fourth-order valence-corrected chi connectivity index (χ4v) is 5.97. The molecule has 1 aromatic carbocycles. The third-order valence-electron chi connectivity index (χ3n) is 4.92. The molecule has 0 spiro atoms. The van der Waals surface area contributed by atoms with Crippen molar-refractivity contribution in [1.82, 2.24) is 9.71 Å². The van der Waals surface area contributed by atoms with Crippen LogP contribution in [0, 0.1) is 17.2 Å². The van der Waals surface area contributed by atoms with Gasteiger partial charge < -0.3 is 10.2 Å². The molecule has 0 unspecified atom stereocenters. The molecular formula is C23H31N3O5S2. The Balaban J connectivity index is 2.43. The third kappa shape index (κ3) is 6.60. The SMILES string of the molecule is CC(C)Cc1cc(C#N)cc(C(C)C)c1CC(=O)NS(=O)(=O)c1sc(C(C)(C)O)nc1CO. The van der Waals surface area contributed by atoms with Gasteiger partial charge in [0.05, 0.1) is 30.4 Å². The molecule has 1 aromatic heterocycles. The van der Waals surface area contributed by atoms with E-state index in [1.165, 1.54) is 13.8 Å². The van der Waals surface area contributed by atoms with Gasteiger partial charge in [0.25, 0.3) is 10.0 Å². The second-order valence-corrected chi connectivity index (χ2v) is 12.1. The number of hydrogen-bond donors (Lipinski definition) is 3. The average Bonchev–Trinajstić information content (AvgIpc) is 3.14. The number of aromatic nitrogens is 1. The van der Waals surface area contributed by atoms with Gasteiger partial charge in [0.2, 0.25) is 5.91 Å². The largest absolute Gasteiger partial charge is 0.390 e. The first kappa shape index (κ1) is 26.9. The summed E-state index contributed by atoms with van der Waals surface area (Å²) in [6, 6.07) is 5.66. The predicted octanol–water partition coefficient (Wildman–Crippen LogP) is 3.10. The lowest BCUT2D eigenvalue weighted by Crippen LogP contribution is -2.32. The Hall–Kier alpha value is -2.32. The van der Waals surface area contributed by atoms with Crippen molar-refractivity contribution in [2.75, 3.05) is 0 Å². The Kier molecular flexibility index (Phi) is 8.41. The van der Waals surface area contributed by atoms with E-state index in [1.807, 2.05) is 27.7 Å². The molecule has 2 rings (SSSR count). The number of aliphatic hydroxyl groups is 2. The van der Waals surface area contributed by atoms with E-state index in [1.54, 1.807) is 12.1 Å². The van der Waals surface area contributed by atoms with Crippen LogP contribution in [0.5, 0.6) is 0 Å². The summed E-state index contributed by atoms with van der Waals surface area (Å²) in [6.45, 7) is 10.2. The number of hydrogen-bond acceptors (Lipinski definition) is 8. The van der Waals surface area contributed by atoms with Gasteiger partial charge in [0.1, 0.15) is 10.6 Å². The van der Waals surface area contributed by atoms with E-state index < -0.39 is 28.1 Å². The van der Waals surface area contributed by atoms with E-state index in [4.69, 9.17) is 0 Å². The van der Waals surface area contributed by atoms with E-state index >= 15 is 0 Å². The Bertz CT molecular complexity index is 1170. The van der Waals surface area contributed by atoms with Crippen molar-refractivity contribution in [3.63, 3.8) is 0 Å². The van der Waals surface area contributed by atoms with E-state index in [0.29, 0.717) is 28.9 Å². The normalized spacial score (nSPS) is 12.3. The summed E-state index contributed by atoms with van der Waals surface area (Å²) >= 11 is 0.711. The zero-order valence-electron chi connectivity index (χ0n) is 19.8. The van der Waals surface area contributed by atoms with E-state index in [0.717, 1.165) is 11.1 Å². The van der Waals surface area contributed by atoms with Gasteiger partial charge >= 0.3 is 0 Å². The fourth-order valence-electron chi connectivity index (χ4n) is 3.48. The molecule has 33 heavy (non-hydrogen) atoms. The van der Waals surface area contributed by atoms with Crippen LogP contribution in [-0.4, -0.2) is 29.5 Å². The van der Waals surface area contributed by atoms with Gasteiger partial charge in [-0.3, -0.25) is 4.79 Å². The minimum atomic E-state index is -4.31. The maximum atomic E-state index is 12.9. The number of nitrogens with one attached hydrogen (secondary N) is 1. The Morgan fingerprint density at radius 1 is 1.27 bits per heavy atom. The summed E-state index contributed by atoms with van der Waals surface area (Å²) in [5, 5.41) is 29.2. The number of nitriles is 1. The second kappa shape index (κ2) is 10.3. The molecule has 10 heteroatoms. The standard InChI is InChI=1S/C23H31N3O5S2/c1-13(2)7-16-8-15(11-24)9-17(14(3)4)18(16)10-20(28)26-33(30,31)21-19(12-27)25-22(32-21)23(5,6)29/h8-9,13-14,27,29H,7,10,12H2,1-6H3,(H,26,28). The zero-order chi connectivity index (χ0) is 25.1. The Morgan fingerprint density at radius 2 is 1.91 bits per heavy atom. The molecule has 0 fully saturated rings. The minimum absolute atomic E-state index is 0.0282. The summed E-state index contributed by atoms with van der Waals surface area (Å²) in [6.07, 6.45) is 0.467. The molecule has 0 aliphatic rings. The Labute approximate surface area is 199 Å². The monoisotopic (exact) mass is 493 g/mol. The zero-order valence-corrected chi connectivity index (χ0v) is 21.4. The van der Waals surface area contributed by atoms with Gasteiger partial charge in [-0.2, -0.15) is 5.26 Å². The average molecular weight is 494 g/mol. The molecule has 0 atom stereocenters. The van der Waals surface area contributed by atoms with Crippen molar-refractivity contribution in [1.29, 1.82) is 5.26 Å². The first-order valence-corrected chi connectivity index (χ1v) is 12.9. The van der Waals surface area contributed by atoms with Gasteiger partial charge in [-0.15, -0.1) is 11.3 Å². The molecule has 1 heterocycles. The lowest BCUT2D eigenvalue weighted by Gasteiger charge is -2.19. The van der Waals surface area contributed by atoms with Crippen molar-refractivity contribution in [3.8, 4) is 6.07 Å². The summed E-state index contributed by atoms with van der Waals surface area (Å²) in [5.41, 5.74) is 1.37. The summed E-state index contributed by atoms with van der Waals surface area (Å²) < 4.78 is 27.7. The van der Waals surface area contributed by atoms with Gasteiger partial charge in [0.15, 0.2) is 4.21 Å². The van der Waals surface area contributed by atoms with Crippen LogP contribution in [0.15, 0.2) is 16.3 Å². The van der Waals surface area contributed by atoms with Gasteiger partial charge in [-0.05, 0) is 60.9 Å². The van der Waals surface area contributed by atoms with Crippen LogP contribution in [0.2, 0.25) is 0 Å². The topological polar surface area (TPSA) is 140 Å². The molecule has 2 aromatic rings. The van der Waals surface area contributed by atoms with E-state index in [-0.39, 0.29) is 33.2 Å². The molecule has 0 radical (unpaired) electrons. The number of sulfonamides is 1. The molecule has 8 nitrogen and oxygen atoms in total. The highest BCUT2D eigenvalue weighted by molar-refractivity contribution is 7.92. The number of nitrogens with zero attached hydrogens (tertiary/aromatic N) is 2. The predicted molar refractivity (Wildman–Crippen MR) is 126 cm³/mol. The molecule has 3 N–H and O–H groups in total. The number of amides is 1. The van der Waals surface area contributed by atoms with Crippen LogP contribution < -0.4 is 4.72 Å². The summed E-state index contributed by atoms with van der Waals surface area (Å²) in [7, 11) is -4.31. The van der Waals surface area contributed by atoms with E-state index in [2.05, 4.69) is 15.8 Å². The lowest BCUT2D eigenvalue weighted by molar-refractivity contribution is -0.118. The van der Waals surface area contributed by atoms with Crippen LogP contribution >= 0.6 is 11.3 Å². The first-order chi connectivity index (χ1) is 15.2. The number of aliphatic hydroxyl groups excluding tert-OH is 1. The molecule has 0 bridgehead atoms. The van der Waals surface area contributed by atoms with Crippen molar-refractivity contribution in [3.05, 3.63) is 45.1 Å². The van der Waals surface area contributed by atoms with E-state index in [9.17, 15) is 28.7 Å². The molecule has 0 aliphatic carbocycles. The molecule has 0 aliphatic heterocycles. The number of thiazole rings is 1. The molecule has 1 amide bonds. The van der Waals surface area contributed by atoms with Crippen molar-refractivity contribution in [2.24, 2.45) is 5.92 Å². The Morgan fingerprint density at radius 3 is 2.39 bits per heavy atom. The highest BCUT2D eigenvalue weighted by Gasteiger charge is 2.30. The third-order valence-corrected chi connectivity index (χ3v) is 8.25. The highest BCUT2D eigenvalue weighted by Crippen LogP contribution is 2.31. The number of benzene rings is 1. The summed E-state index contributed by atoms with van der Waals surface area (Å²) in [4.78, 5) is 16.9. The maximum absolute atomic E-state index is 12.9. The maximum Gasteiger partial charge on any atom is 0.275 e. The van der Waals surface area contributed by atoms with Crippen LogP contribution in [0.1, 0.15) is 80.4 Å². The van der Waals surface area contributed by atoms with Crippen LogP contribution in [0.25, 0.3) is 0 Å². The number of rotatable bonds is 9. The van der Waals surface area contributed by atoms with Crippen LogP contribution in [-0.2, 0) is 39.9 Å². The fraction of sp³-hybridized carbons (Fsp3) is 0.522. The van der Waals surface area contributed by atoms with Gasteiger partial charge in [-0.1, -0.05) is 27.7 Å². The molecule has 0 saturated heterocycles. The number of carbonyl (C=O) groups is 1. The van der Waals surface area contributed by atoms with Crippen LogP contribution in [0.4, 0.5) is 0 Å². The first-order valence-electron chi connectivity index (χ1n) is 10.6. The second-order valence-electron chi connectivity index (χ2n) is 9.24. The van der Waals surface area contributed by atoms with Crippen molar-refractivity contribution >= 4 is 27.3 Å². The molecular weight excluding hydrogens is 462 g/mol. The van der Waals surface area contributed by atoms with Crippen molar-refractivity contribution < 1.29 is 23.4 Å². The van der Waals surface area contributed by atoms with Crippen molar-refractivity contribution in [2.45, 2.75) is 76.7 Å². The van der Waals surface area contributed by atoms with Crippen LogP contribution in [0.3, 0.4) is 0 Å². The number of carbonyl (C=O) groups excluding carboxylic acids is 1. The minimum Gasteiger partial charge on any atom is -0.390 e. The summed E-state index contributed by atoms with van der Waals surface area (Å²) in [5.74, 6) is -0.428. The smallest absolute Gasteiger partial charge is 0.275 e. The quantitative estimate of drug-likeness (QED) is 0.487. The highest BCUT2D eigenvalue weighted by atomic mass is 32.2. The van der Waals surface area contributed by atoms with Gasteiger partial charge in [0, 0.05) is 0 Å². The molecule has 0 saturated carbocycles. The van der Waals surface area contributed by atoms with Gasteiger partial charge in [-0.25, -0.2) is 18.1 Å². The molecule has 180 valence electrons. The lowest BCUT2D eigenvalue weighted by atomic mass is 9.86.